The molecule has 1 aromatic carbocycles. The summed E-state index contributed by atoms with van der Waals surface area (Å²) in [5.74, 6) is 0. The van der Waals surface area contributed by atoms with Gasteiger partial charge in [-0.25, -0.2) is 0 Å². The van der Waals surface area contributed by atoms with Crippen molar-refractivity contribution in [3.05, 3.63) is 29.8 Å². The Balaban J connectivity index is 2.74. The average molecular weight is 214 g/mol. The van der Waals surface area contributed by atoms with Crippen molar-refractivity contribution in [3.63, 3.8) is 0 Å². The molecule has 11 heavy (non-hydrogen) atoms. The molecule has 0 aromatic heterocycles. The molecule has 0 saturated heterocycles. The van der Waals surface area contributed by atoms with E-state index in [0.29, 0.717) is 0 Å². The molecule has 1 nitrogen and oxygen atoms in total. The zero-order valence-electron chi connectivity index (χ0n) is 6.60. The Hall–Kier alpha value is -0.500. The smallest absolute Gasteiger partial charge is 0.0340 e. The van der Waals surface area contributed by atoms with Crippen LogP contribution in [0.4, 0.5) is 5.69 Å². The molecule has 0 saturated carbocycles. The van der Waals surface area contributed by atoms with Crippen molar-refractivity contribution in [1.29, 1.82) is 0 Å². The molecule has 2 heteroatoms. The second kappa shape index (κ2) is 4.39. The molecule has 60 valence electrons. The van der Waals surface area contributed by atoms with Gasteiger partial charge in [-0.2, -0.15) is 0 Å². The van der Waals surface area contributed by atoms with Crippen molar-refractivity contribution in [3.8, 4) is 0 Å². The zero-order valence-corrected chi connectivity index (χ0v) is 8.19. The summed E-state index contributed by atoms with van der Waals surface area (Å²) in [5, 5.41) is 4.14. The van der Waals surface area contributed by atoms with Gasteiger partial charge in [0.05, 0.1) is 0 Å². The minimum Gasteiger partial charge on any atom is -0.388 e. The van der Waals surface area contributed by atoms with Crippen LogP contribution in [0.25, 0.3) is 0 Å². The van der Waals surface area contributed by atoms with Crippen LogP contribution in [0.15, 0.2) is 24.3 Å². The van der Waals surface area contributed by atoms with Gasteiger partial charge in [-0.15, -0.1) is 0 Å². The fraction of sp³-hybridized carbons (Fsp3) is 0.333. The van der Waals surface area contributed by atoms with E-state index in [2.05, 4.69) is 45.5 Å². The summed E-state index contributed by atoms with van der Waals surface area (Å²) in [7, 11) is 1.94. The van der Waals surface area contributed by atoms with Gasteiger partial charge in [0.2, 0.25) is 0 Å². The Kier molecular flexibility index (Phi) is 3.43. The van der Waals surface area contributed by atoms with E-state index in [1.165, 1.54) is 11.3 Å². The normalized spacial score (nSPS) is 9.64. The minimum atomic E-state index is 1.03. The Bertz CT molecular complexity index is 223. The zero-order chi connectivity index (χ0) is 8.10. The summed E-state index contributed by atoms with van der Waals surface area (Å²) in [6.07, 6.45) is 1.09. The highest BCUT2D eigenvalue weighted by Crippen LogP contribution is 2.10. The molecule has 0 radical (unpaired) electrons. The van der Waals surface area contributed by atoms with Crippen LogP contribution in [-0.2, 0) is 6.42 Å². The van der Waals surface area contributed by atoms with E-state index < -0.39 is 0 Å². The molecule has 0 bridgehead atoms. The highest BCUT2D eigenvalue weighted by atomic mass is 79.9. The highest BCUT2D eigenvalue weighted by Gasteiger charge is 1.91. The molecule has 0 atom stereocenters. The van der Waals surface area contributed by atoms with Gasteiger partial charge >= 0.3 is 0 Å². The van der Waals surface area contributed by atoms with E-state index in [1.807, 2.05) is 7.05 Å². The van der Waals surface area contributed by atoms with Crippen LogP contribution in [0.3, 0.4) is 0 Å². The summed E-state index contributed by atoms with van der Waals surface area (Å²) < 4.78 is 0. The van der Waals surface area contributed by atoms with Crippen LogP contribution < -0.4 is 5.32 Å². The predicted octanol–water partition coefficient (Wildman–Crippen LogP) is 2.67. The van der Waals surface area contributed by atoms with Gasteiger partial charge in [0.25, 0.3) is 0 Å². The first-order valence-electron chi connectivity index (χ1n) is 3.69. The van der Waals surface area contributed by atoms with E-state index in [-0.39, 0.29) is 0 Å². The SMILES string of the molecule is CNc1cccc(CCBr)c1. The molecule has 0 heterocycles. The van der Waals surface area contributed by atoms with Crippen molar-refractivity contribution in [2.24, 2.45) is 0 Å². The van der Waals surface area contributed by atoms with E-state index in [4.69, 9.17) is 0 Å². The molecule has 0 amide bonds. The maximum absolute atomic E-state index is 3.41. The molecular formula is C9H12BrN. The van der Waals surface area contributed by atoms with Crippen LogP contribution in [0.5, 0.6) is 0 Å². The standard InChI is InChI=1S/C9H12BrN/c1-11-9-4-2-3-8(7-9)5-6-10/h2-4,7,11H,5-6H2,1H3. The maximum atomic E-state index is 3.41. The number of nitrogens with one attached hydrogen (secondary N) is 1. The molecule has 1 rings (SSSR count). The van der Waals surface area contributed by atoms with Gasteiger partial charge in [-0.05, 0) is 24.1 Å². The number of benzene rings is 1. The monoisotopic (exact) mass is 213 g/mol. The summed E-state index contributed by atoms with van der Waals surface area (Å²) >= 11 is 3.41. The number of anilines is 1. The van der Waals surface area contributed by atoms with Crippen LogP contribution in [0.1, 0.15) is 5.56 Å². The third kappa shape index (κ3) is 2.54. The Morgan fingerprint density at radius 2 is 2.27 bits per heavy atom. The number of aryl methyl sites for hydroxylation is 1. The second-order valence-electron chi connectivity index (χ2n) is 2.39. The van der Waals surface area contributed by atoms with Gasteiger partial charge in [0.1, 0.15) is 0 Å². The van der Waals surface area contributed by atoms with Crippen molar-refractivity contribution < 1.29 is 0 Å². The molecule has 0 unspecified atom stereocenters. The van der Waals surface area contributed by atoms with Crippen molar-refractivity contribution >= 4 is 21.6 Å². The van der Waals surface area contributed by atoms with E-state index in [1.54, 1.807) is 0 Å². The van der Waals surface area contributed by atoms with Crippen LogP contribution >= 0.6 is 15.9 Å². The molecular weight excluding hydrogens is 202 g/mol. The van der Waals surface area contributed by atoms with E-state index in [0.717, 1.165) is 11.8 Å². The number of hydrogen-bond acceptors (Lipinski definition) is 1. The Morgan fingerprint density at radius 3 is 2.91 bits per heavy atom. The Morgan fingerprint density at radius 1 is 1.45 bits per heavy atom. The first-order valence-corrected chi connectivity index (χ1v) is 4.81. The first kappa shape index (κ1) is 8.60. The van der Waals surface area contributed by atoms with Crippen LogP contribution in [0.2, 0.25) is 0 Å². The van der Waals surface area contributed by atoms with Crippen LogP contribution in [0, 0.1) is 0 Å². The quantitative estimate of drug-likeness (QED) is 0.762. The number of alkyl halides is 1. The molecule has 0 fully saturated rings. The molecule has 1 N–H and O–H groups in total. The summed E-state index contributed by atoms with van der Waals surface area (Å²) in [4.78, 5) is 0. The first-order chi connectivity index (χ1) is 5.36. The lowest BCUT2D eigenvalue weighted by molar-refractivity contribution is 1.17. The van der Waals surface area contributed by atoms with Crippen molar-refractivity contribution in [1.82, 2.24) is 0 Å². The predicted molar refractivity (Wildman–Crippen MR) is 53.5 cm³/mol. The topological polar surface area (TPSA) is 12.0 Å². The minimum absolute atomic E-state index is 1.03. The maximum Gasteiger partial charge on any atom is 0.0340 e. The molecule has 1 aromatic rings. The van der Waals surface area contributed by atoms with E-state index >= 15 is 0 Å². The number of halogens is 1. The fourth-order valence-corrected chi connectivity index (χ4v) is 1.45. The van der Waals surface area contributed by atoms with E-state index in [9.17, 15) is 0 Å². The number of rotatable bonds is 3. The summed E-state index contributed by atoms with van der Waals surface area (Å²) in [5.41, 5.74) is 2.55. The van der Waals surface area contributed by atoms with Gasteiger partial charge in [-0.1, -0.05) is 28.1 Å². The molecule has 0 aliphatic carbocycles. The second-order valence-corrected chi connectivity index (χ2v) is 3.18. The van der Waals surface area contributed by atoms with Gasteiger partial charge in [-0.3, -0.25) is 0 Å². The lowest BCUT2D eigenvalue weighted by atomic mass is 10.1. The van der Waals surface area contributed by atoms with Gasteiger partial charge in [0, 0.05) is 18.1 Å². The fourth-order valence-electron chi connectivity index (χ4n) is 0.991. The summed E-state index contributed by atoms with van der Waals surface area (Å²) in [6.45, 7) is 0. The van der Waals surface area contributed by atoms with Crippen molar-refractivity contribution in [2.45, 2.75) is 6.42 Å². The third-order valence-electron chi connectivity index (χ3n) is 1.60. The molecule has 0 spiro atoms. The lowest BCUT2D eigenvalue weighted by Crippen LogP contribution is -1.90. The van der Waals surface area contributed by atoms with Gasteiger partial charge < -0.3 is 5.32 Å². The highest BCUT2D eigenvalue weighted by molar-refractivity contribution is 9.09. The average Bonchev–Trinajstić information content (AvgIpc) is 2.06. The van der Waals surface area contributed by atoms with Crippen molar-refractivity contribution in [2.75, 3.05) is 17.7 Å². The molecule has 0 aliphatic heterocycles. The number of hydrogen-bond donors (Lipinski definition) is 1. The largest absolute Gasteiger partial charge is 0.388 e. The Labute approximate surface area is 75.9 Å². The third-order valence-corrected chi connectivity index (χ3v) is 2.00. The lowest BCUT2D eigenvalue weighted by Gasteiger charge is -2.01. The molecule has 0 aliphatic rings. The van der Waals surface area contributed by atoms with Gasteiger partial charge in [0.15, 0.2) is 0 Å². The van der Waals surface area contributed by atoms with Crippen LogP contribution in [-0.4, -0.2) is 12.4 Å². The summed E-state index contributed by atoms with van der Waals surface area (Å²) in [6, 6.07) is 8.45.